The van der Waals surface area contributed by atoms with Crippen LogP contribution in [0.5, 0.6) is 0 Å². The van der Waals surface area contributed by atoms with Crippen molar-refractivity contribution in [2.45, 2.75) is 58.8 Å². The molecule has 4 aromatic rings. The molecule has 1 N–H and O–H groups in total. The number of hydrogen-bond acceptors (Lipinski definition) is 7. The van der Waals surface area contributed by atoms with E-state index >= 15 is 0 Å². The van der Waals surface area contributed by atoms with Crippen molar-refractivity contribution in [3.63, 3.8) is 0 Å². The van der Waals surface area contributed by atoms with Gasteiger partial charge in [0.25, 0.3) is 5.91 Å². The second-order valence-electron chi connectivity index (χ2n) is 9.21. The monoisotopic (exact) mass is 482 g/mol. The van der Waals surface area contributed by atoms with E-state index < -0.39 is 0 Å². The second kappa shape index (κ2) is 10.8. The Hall–Kier alpha value is -3.91. The molecule has 184 valence electrons. The van der Waals surface area contributed by atoms with Crippen LogP contribution < -0.4 is 5.32 Å². The van der Waals surface area contributed by atoms with Gasteiger partial charge in [-0.3, -0.25) is 14.7 Å². The number of pyridine rings is 1. The molecule has 1 aromatic carbocycles. The average molecular weight is 483 g/mol. The van der Waals surface area contributed by atoms with E-state index in [1.54, 1.807) is 12.5 Å². The number of nitrogens with one attached hydrogen (secondary N) is 1. The fraction of sp³-hybridized carbons (Fsp3) is 0.321. The van der Waals surface area contributed by atoms with Crippen molar-refractivity contribution >= 4 is 5.91 Å². The Balaban J connectivity index is 1.33. The highest BCUT2D eigenvalue weighted by Crippen LogP contribution is 2.34. The molecular formula is C28H30N6O2. The third kappa shape index (κ3) is 5.33. The van der Waals surface area contributed by atoms with Crippen LogP contribution in [0.15, 0.2) is 65.8 Å². The summed E-state index contributed by atoms with van der Waals surface area (Å²) in [5, 5.41) is 3.02. The zero-order chi connectivity index (χ0) is 24.9. The minimum atomic E-state index is -0.161. The van der Waals surface area contributed by atoms with Crippen molar-refractivity contribution < 1.29 is 9.21 Å². The minimum absolute atomic E-state index is 0.161. The average Bonchev–Trinajstić information content (AvgIpc) is 3.40. The van der Waals surface area contributed by atoms with Gasteiger partial charge in [-0.05, 0) is 55.9 Å². The number of aryl methyl sites for hydroxylation is 3. The Labute approximate surface area is 210 Å². The highest BCUT2D eigenvalue weighted by Gasteiger charge is 2.28. The molecule has 0 bridgehead atoms. The molecule has 1 unspecified atom stereocenters. The lowest BCUT2D eigenvalue weighted by atomic mass is 9.90. The van der Waals surface area contributed by atoms with Crippen LogP contribution in [0.3, 0.4) is 0 Å². The molecule has 0 saturated carbocycles. The summed E-state index contributed by atoms with van der Waals surface area (Å²) in [6.45, 7) is 5.39. The normalized spacial score (nSPS) is 15.0. The standard InChI is InChI=1S/C28H30N6O2/c1-19-26(20(2)33-18-32-19)28(35)31-15-21-6-3-7-22(14-21)16-34(17-25-29-12-13-36-25)24-10-4-8-23-9-5-11-30-27(23)24/h3,5-7,9,11-14,18,24H,4,8,10,15-17H2,1-2H3,(H,31,35). The van der Waals surface area contributed by atoms with Gasteiger partial charge in [0.05, 0.1) is 41.4 Å². The SMILES string of the molecule is Cc1ncnc(C)c1C(=O)NCc1cccc(CN(Cc2ncco2)C2CCCc3cccnc32)c1. The molecule has 3 heterocycles. The van der Waals surface area contributed by atoms with E-state index in [0.29, 0.717) is 35.9 Å². The lowest BCUT2D eigenvalue weighted by Gasteiger charge is -2.34. The van der Waals surface area contributed by atoms with Gasteiger partial charge in [0.1, 0.15) is 12.6 Å². The van der Waals surface area contributed by atoms with Crippen molar-refractivity contribution in [3.8, 4) is 0 Å². The van der Waals surface area contributed by atoms with E-state index in [9.17, 15) is 4.79 Å². The summed E-state index contributed by atoms with van der Waals surface area (Å²) in [7, 11) is 0. The maximum atomic E-state index is 12.8. The van der Waals surface area contributed by atoms with Gasteiger partial charge in [-0.2, -0.15) is 0 Å². The van der Waals surface area contributed by atoms with E-state index in [2.05, 4.69) is 43.4 Å². The Bertz CT molecular complexity index is 1320. The van der Waals surface area contributed by atoms with Crippen LogP contribution in [0.1, 0.15) is 68.9 Å². The van der Waals surface area contributed by atoms with Crippen molar-refractivity contribution in [1.82, 2.24) is 30.2 Å². The summed E-state index contributed by atoms with van der Waals surface area (Å²) in [5.74, 6) is 0.531. The number of carbonyl (C=O) groups is 1. The molecule has 1 aliphatic rings. The van der Waals surface area contributed by atoms with Gasteiger partial charge in [0.15, 0.2) is 0 Å². The van der Waals surface area contributed by atoms with Crippen LogP contribution in [0.2, 0.25) is 0 Å². The van der Waals surface area contributed by atoms with Gasteiger partial charge in [0, 0.05) is 19.3 Å². The summed E-state index contributed by atoms with van der Waals surface area (Å²) < 4.78 is 5.60. The number of carbonyl (C=O) groups excluding carboxylic acids is 1. The Morgan fingerprint density at radius 2 is 1.86 bits per heavy atom. The quantitative estimate of drug-likeness (QED) is 0.395. The molecule has 0 saturated heterocycles. The molecule has 1 aliphatic carbocycles. The Morgan fingerprint density at radius 1 is 1.03 bits per heavy atom. The number of benzene rings is 1. The first-order valence-corrected chi connectivity index (χ1v) is 12.3. The Kier molecular flexibility index (Phi) is 7.13. The first-order chi connectivity index (χ1) is 17.6. The molecule has 0 spiro atoms. The molecule has 0 radical (unpaired) electrons. The summed E-state index contributed by atoms with van der Waals surface area (Å²) in [5.41, 5.74) is 6.55. The highest BCUT2D eigenvalue weighted by atomic mass is 16.3. The molecule has 8 nitrogen and oxygen atoms in total. The van der Waals surface area contributed by atoms with Crippen LogP contribution in [-0.4, -0.2) is 30.7 Å². The molecule has 1 amide bonds. The van der Waals surface area contributed by atoms with Crippen LogP contribution in [-0.2, 0) is 26.1 Å². The summed E-state index contributed by atoms with van der Waals surface area (Å²) >= 11 is 0. The molecule has 36 heavy (non-hydrogen) atoms. The van der Waals surface area contributed by atoms with Gasteiger partial charge >= 0.3 is 0 Å². The number of rotatable bonds is 8. The van der Waals surface area contributed by atoms with E-state index in [0.717, 1.165) is 42.6 Å². The lowest BCUT2D eigenvalue weighted by Crippen LogP contribution is -2.31. The minimum Gasteiger partial charge on any atom is -0.448 e. The van der Waals surface area contributed by atoms with Crippen LogP contribution in [0, 0.1) is 13.8 Å². The maximum Gasteiger partial charge on any atom is 0.255 e. The number of hydrogen-bond donors (Lipinski definition) is 1. The predicted octanol–water partition coefficient (Wildman–Crippen LogP) is 4.49. The largest absolute Gasteiger partial charge is 0.448 e. The molecule has 8 heteroatoms. The van der Waals surface area contributed by atoms with Gasteiger partial charge in [-0.15, -0.1) is 0 Å². The van der Waals surface area contributed by atoms with E-state index in [1.165, 1.54) is 11.9 Å². The van der Waals surface area contributed by atoms with Crippen molar-refractivity contribution in [1.29, 1.82) is 0 Å². The molecule has 3 aromatic heterocycles. The number of fused-ring (bicyclic) bond motifs is 1. The topological polar surface area (TPSA) is 97.0 Å². The first kappa shape index (κ1) is 23.8. The van der Waals surface area contributed by atoms with E-state index in [1.807, 2.05) is 38.2 Å². The Morgan fingerprint density at radius 3 is 2.67 bits per heavy atom. The maximum absolute atomic E-state index is 12.8. The van der Waals surface area contributed by atoms with Gasteiger partial charge < -0.3 is 9.73 Å². The lowest BCUT2D eigenvalue weighted by molar-refractivity contribution is 0.0948. The van der Waals surface area contributed by atoms with E-state index in [4.69, 9.17) is 9.40 Å². The second-order valence-corrected chi connectivity index (χ2v) is 9.21. The predicted molar refractivity (Wildman–Crippen MR) is 135 cm³/mol. The zero-order valence-corrected chi connectivity index (χ0v) is 20.6. The third-order valence-electron chi connectivity index (χ3n) is 6.71. The third-order valence-corrected chi connectivity index (χ3v) is 6.71. The molecule has 5 rings (SSSR count). The van der Waals surface area contributed by atoms with Gasteiger partial charge in [-0.25, -0.2) is 15.0 Å². The number of aromatic nitrogens is 4. The molecule has 1 atom stereocenters. The first-order valence-electron chi connectivity index (χ1n) is 12.3. The number of amides is 1. The van der Waals surface area contributed by atoms with Gasteiger partial charge in [-0.1, -0.05) is 30.3 Å². The van der Waals surface area contributed by atoms with Crippen LogP contribution in [0.25, 0.3) is 0 Å². The number of nitrogens with zero attached hydrogens (tertiary/aromatic N) is 5. The summed E-state index contributed by atoms with van der Waals surface area (Å²) in [6.07, 6.45) is 9.89. The fourth-order valence-corrected chi connectivity index (χ4v) is 4.99. The van der Waals surface area contributed by atoms with E-state index in [-0.39, 0.29) is 11.9 Å². The fourth-order valence-electron chi connectivity index (χ4n) is 4.99. The molecule has 0 aliphatic heterocycles. The zero-order valence-electron chi connectivity index (χ0n) is 20.6. The van der Waals surface area contributed by atoms with Gasteiger partial charge in [0.2, 0.25) is 5.89 Å². The van der Waals surface area contributed by atoms with Crippen LogP contribution >= 0.6 is 0 Å². The van der Waals surface area contributed by atoms with Crippen molar-refractivity contribution in [2.24, 2.45) is 0 Å². The summed E-state index contributed by atoms with van der Waals surface area (Å²) in [4.78, 5) is 32.6. The smallest absolute Gasteiger partial charge is 0.255 e. The number of oxazole rings is 1. The molecule has 0 fully saturated rings. The summed E-state index contributed by atoms with van der Waals surface area (Å²) in [6, 6.07) is 12.7. The highest BCUT2D eigenvalue weighted by molar-refractivity contribution is 5.96. The molecular weight excluding hydrogens is 452 g/mol. The van der Waals surface area contributed by atoms with Crippen molar-refractivity contribution in [3.05, 3.63) is 107 Å². The van der Waals surface area contributed by atoms with Crippen LogP contribution in [0.4, 0.5) is 0 Å². The van der Waals surface area contributed by atoms with Crippen molar-refractivity contribution in [2.75, 3.05) is 0 Å².